The van der Waals surface area contributed by atoms with Gasteiger partial charge in [-0.25, -0.2) is 14.6 Å². The van der Waals surface area contributed by atoms with Crippen LogP contribution < -0.4 is 5.32 Å². The Hall–Kier alpha value is -2.09. The minimum Gasteiger partial charge on any atom is -0.480 e. The highest BCUT2D eigenvalue weighted by molar-refractivity contribution is 5.82. The summed E-state index contributed by atoms with van der Waals surface area (Å²) in [7, 11) is 1.56. The highest BCUT2D eigenvalue weighted by Crippen LogP contribution is 2.04. The number of carbonyl (C=O) groups excluding carboxylic acids is 1. The molecular weight excluding hydrogens is 276 g/mol. The topological polar surface area (TPSA) is 108 Å². The number of hydrogen-bond donors (Lipinski definition) is 3. The third-order valence-corrected chi connectivity index (χ3v) is 3.12. The zero-order valence-electron chi connectivity index (χ0n) is 12.5. The van der Waals surface area contributed by atoms with Gasteiger partial charge in [0.15, 0.2) is 0 Å². The number of aromatic nitrogens is 2. The first kappa shape index (κ1) is 17.0. The van der Waals surface area contributed by atoms with Crippen molar-refractivity contribution >= 4 is 12.0 Å². The predicted octanol–water partition coefficient (Wildman–Crippen LogP) is 0.472. The SMILES string of the molecule is CCN(C(=O)NC(Cc1cnc[nH]1)C(=O)O)C(C)COC. The number of rotatable bonds is 8. The highest BCUT2D eigenvalue weighted by Gasteiger charge is 2.25. The molecule has 1 aromatic rings. The number of H-pyrrole nitrogens is 1. The van der Waals surface area contributed by atoms with Crippen molar-refractivity contribution in [3.63, 3.8) is 0 Å². The first-order valence-corrected chi connectivity index (χ1v) is 6.75. The molecule has 1 aromatic heterocycles. The standard InChI is InChI=1S/C13H22N4O4/c1-4-17(9(2)7-21-3)13(20)16-11(12(18)19)5-10-6-14-8-15-10/h6,8-9,11H,4-5,7H2,1-3H3,(H,14,15)(H,16,20)(H,18,19). The molecule has 0 saturated heterocycles. The first-order valence-electron chi connectivity index (χ1n) is 6.75. The molecule has 0 radical (unpaired) electrons. The second kappa shape index (κ2) is 8.25. The van der Waals surface area contributed by atoms with Gasteiger partial charge in [0.2, 0.25) is 0 Å². The number of ether oxygens (including phenoxy) is 1. The Balaban J connectivity index is 2.68. The van der Waals surface area contributed by atoms with E-state index in [1.807, 2.05) is 13.8 Å². The Morgan fingerprint density at radius 3 is 2.76 bits per heavy atom. The number of likely N-dealkylation sites (N-methyl/N-ethyl adjacent to an activating group) is 1. The molecule has 2 unspecified atom stereocenters. The van der Waals surface area contributed by atoms with E-state index in [9.17, 15) is 14.7 Å². The molecule has 2 amide bonds. The van der Waals surface area contributed by atoms with E-state index < -0.39 is 18.0 Å². The maximum atomic E-state index is 12.2. The Morgan fingerprint density at radius 2 is 2.29 bits per heavy atom. The molecular formula is C13H22N4O4. The minimum atomic E-state index is -1.09. The van der Waals surface area contributed by atoms with Gasteiger partial charge in [-0.2, -0.15) is 0 Å². The smallest absolute Gasteiger partial charge is 0.326 e. The summed E-state index contributed by atoms with van der Waals surface area (Å²) in [5.74, 6) is -1.09. The van der Waals surface area contributed by atoms with Crippen LogP contribution >= 0.6 is 0 Å². The fourth-order valence-electron chi connectivity index (χ4n) is 2.03. The summed E-state index contributed by atoms with van der Waals surface area (Å²) in [4.78, 5) is 31.7. The van der Waals surface area contributed by atoms with Crippen LogP contribution in [0.15, 0.2) is 12.5 Å². The molecule has 8 nitrogen and oxygen atoms in total. The summed E-state index contributed by atoms with van der Waals surface area (Å²) in [5, 5.41) is 11.8. The van der Waals surface area contributed by atoms with E-state index in [2.05, 4.69) is 15.3 Å². The molecule has 0 aliphatic rings. The number of urea groups is 1. The average Bonchev–Trinajstić information content (AvgIpc) is 2.92. The van der Waals surface area contributed by atoms with Crippen molar-refractivity contribution in [3.05, 3.63) is 18.2 Å². The predicted molar refractivity (Wildman–Crippen MR) is 76.0 cm³/mol. The number of nitrogens with zero attached hydrogens (tertiary/aromatic N) is 2. The van der Waals surface area contributed by atoms with Gasteiger partial charge in [0.1, 0.15) is 6.04 Å². The van der Waals surface area contributed by atoms with Crippen LogP contribution in [0, 0.1) is 0 Å². The normalized spacial score (nSPS) is 13.5. The molecule has 8 heteroatoms. The van der Waals surface area contributed by atoms with Crippen molar-refractivity contribution < 1.29 is 19.4 Å². The number of methoxy groups -OCH3 is 1. The number of aliphatic carboxylic acids is 1. The van der Waals surface area contributed by atoms with Gasteiger partial charge in [-0.1, -0.05) is 0 Å². The zero-order chi connectivity index (χ0) is 15.8. The maximum absolute atomic E-state index is 12.2. The van der Waals surface area contributed by atoms with Crippen LogP contribution in [0.25, 0.3) is 0 Å². The number of carbonyl (C=O) groups is 2. The maximum Gasteiger partial charge on any atom is 0.326 e. The van der Waals surface area contributed by atoms with E-state index in [-0.39, 0.29) is 12.5 Å². The van der Waals surface area contributed by atoms with Crippen LogP contribution in [-0.4, -0.2) is 64.3 Å². The summed E-state index contributed by atoms with van der Waals surface area (Å²) in [6.45, 7) is 4.53. The Kier molecular flexibility index (Phi) is 6.67. The number of carboxylic acids is 1. The molecule has 1 rings (SSSR count). The largest absolute Gasteiger partial charge is 0.480 e. The zero-order valence-corrected chi connectivity index (χ0v) is 12.5. The van der Waals surface area contributed by atoms with E-state index in [0.717, 1.165) is 0 Å². The molecule has 118 valence electrons. The van der Waals surface area contributed by atoms with Gasteiger partial charge >= 0.3 is 12.0 Å². The van der Waals surface area contributed by atoms with E-state index in [1.165, 1.54) is 17.4 Å². The Labute approximate surface area is 123 Å². The number of aromatic amines is 1. The molecule has 0 aliphatic carbocycles. The van der Waals surface area contributed by atoms with Crippen molar-refractivity contribution in [1.82, 2.24) is 20.2 Å². The van der Waals surface area contributed by atoms with Gasteiger partial charge in [-0.05, 0) is 13.8 Å². The molecule has 0 bridgehead atoms. The Morgan fingerprint density at radius 1 is 1.57 bits per heavy atom. The van der Waals surface area contributed by atoms with Crippen LogP contribution in [-0.2, 0) is 16.0 Å². The number of hydrogen-bond acceptors (Lipinski definition) is 4. The van der Waals surface area contributed by atoms with Crippen LogP contribution in [0.2, 0.25) is 0 Å². The van der Waals surface area contributed by atoms with Gasteiger partial charge in [-0.15, -0.1) is 0 Å². The lowest BCUT2D eigenvalue weighted by Gasteiger charge is -2.29. The van der Waals surface area contributed by atoms with Gasteiger partial charge in [-0.3, -0.25) is 0 Å². The molecule has 0 aromatic carbocycles. The monoisotopic (exact) mass is 298 g/mol. The van der Waals surface area contributed by atoms with Crippen LogP contribution in [0.3, 0.4) is 0 Å². The molecule has 0 aliphatic heterocycles. The molecule has 2 atom stereocenters. The van der Waals surface area contributed by atoms with Crippen molar-refractivity contribution in [2.75, 3.05) is 20.3 Å². The minimum absolute atomic E-state index is 0.137. The van der Waals surface area contributed by atoms with Gasteiger partial charge in [0.05, 0.1) is 19.0 Å². The lowest BCUT2D eigenvalue weighted by Crippen LogP contribution is -2.52. The highest BCUT2D eigenvalue weighted by atomic mass is 16.5. The summed E-state index contributed by atoms with van der Waals surface area (Å²) < 4.78 is 5.02. The second-order valence-corrected chi connectivity index (χ2v) is 4.71. The van der Waals surface area contributed by atoms with Crippen LogP contribution in [0.4, 0.5) is 4.79 Å². The summed E-state index contributed by atoms with van der Waals surface area (Å²) in [5.41, 5.74) is 0.649. The third-order valence-electron chi connectivity index (χ3n) is 3.12. The quantitative estimate of drug-likeness (QED) is 0.646. The van der Waals surface area contributed by atoms with Gasteiger partial charge in [0.25, 0.3) is 0 Å². The van der Waals surface area contributed by atoms with Crippen molar-refractivity contribution in [2.45, 2.75) is 32.4 Å². The fourth-order valence-corrected chi connectivity index (χ4v) is 2.03. The fraction of sp³-hybridized carbons (Fsp3) is 0.615. The lowest BCUT2D eigenvalue weighted by atomic mass is 10.1. The number of amides is 2. The molecule has 0 saturated carbocycles. The lowest BCUT2D eigenvalue weighted by molar-refractivity contribution is -0.139. The van der Waals surface area contributed by atoms with E-state index in [4.69, 9.17) is 4.74 Å². The summed E-state index contributed by atoms with van der Waals surface area (Å²) >= 11 is 0. The van der Waals surface area contributed by atoms with Crippen LogP contribution in [0.5, 0.6) is 0 Å². The van der Waals surface area contributed by atoms with Crippen molar-refractivity contribution in [1.29, 1.82) is 0 Å². The van der Waals surface area contributed by atoms with E-state index >= 15 is 0 Å². The summed E-state index contributed by atoms with van der Waals surface area (Å²) in [6.07, 6.45) is 3.15. The third kappa shape index (κ3) is 5.07. The summed E-state index contributed by atoms with van der Waals surface area (Å²) in [6, 6.07) is -1.57. The van der Waals surface area contributed by atoms with Gasteiger partial charge in [0, 0.05) is 32.0 Å². The van der Waals surface area contributed by atoms with Crippen LogP contribution in [0.1, 0.15) is 19.5 Å². The first-order chi connectivity index (χ1) is 9.99. The Bertz CT molecular complexity index is 449. The molecule has 0 spiro atoms. The second-order valence-electron chi connectivity index (χ2n) is 4.71. The van der Waals surface area contributed by atoms with Crippen molar-refractivity contribution in [3.8, 4) is 0 Å². The van der Waals surface area contributed by atoms with Gasteiger partial charge < -0.3 is 25.0 Å². The number of imidazole rings is 1. The molecule has 3 N–H and O–H groups in total. The molecule has 1 heterocycles. The van der Waals surface area contributed by atoms with E-state index in [0.29, 0.717) is 18.8 Å². The van der Waals surface area contributed by atoms with Crippen molar-refractivity contribution in [2.24, 2.45) is 0 Å². The number of nitrogens with one attached hydrogen (secondary N) is 2. The van der Waals surface area contributed by atoms with E-state index in [1.54, 1.807) is 7.11 Å². The number of carboxylic acid groups (broad SMARTS) is 1. The molecule has 21 heavy (non-hydrogen) atoms. The average molecular weight is 298 g/mol. The molecule has 0 fully saturated rings.